The van der Waals surface area contributed by atoms with Crippen LogP contribution in [0.2, 0.25) is 0 Å². The number of hydrogen-bond donors (Lipinski definition) is 0. The average Bonchev–Trinajstić information content (AvgIpc) is 2.95. The van der Waals surface area contributed by atoms with Gasteiger partial charge in [-0.1, -0.05) is 24.3 Å². The molecule has 1 saturated heterocycles. The van der Waals surface area contributed by atoms with Gasteiger partial charge in [-0.3, -0.25) is 19.7 Å². The SMILES string of the molecule is CCOC(=O)[C@H]1C=CN2C(=O)CCN2[C@@H]1c1ccccc1[N+](=O)[O-]. The fourth-order valence-corrected chi connectivity index (χ4v) is 3.19. The molecule has 1 aromatic rings. The summed E-state index contributed by atoms with van der Waals surface area (Å²) >= 11 is 0. The molecular weight excluding hydrogens is 314 g/mol. The maximum atomic E-state index is 12.4. The maximum absolute atomic E-state index is 12.4. The van der Waals surface area contributed by atoms with Gasteiger partial charge in [0.25, 0.3) is 5.69 Å². The van der Waals surface area contributed by atoms with Crippen molar-refractivity contribution in [2.24, 2.45) is 5.92 Å². The fraction of sp³-hybridized carbons (Fsp3) is 0.375. The molecule has 1 fully saturated rings. The Balaban J connectivity index is 2.09. The molecule has 0 bridgehead atoms. The highest BCUT2D eigenvalue weighted by atomic mass is 16.6. The molecule has 0 N–H and O–H groups in total. The van der Waals surface area contributed by atoms with E-state index in [0.717, 1.165) is 0 Å². The van der Waals surface area contributed by atoms with E-state index in [9.17, 15) is 19.7 Å². The van der Waals surface area contributed by atoms with Crippen LogP contribution < -0.4 is 0 Å². The first-order valence-corrected chi connectivity index (χ1v) is 7.71. The Labute approximate surface area is 138 Å². The Hall–Kier alpha value is -2.74. The fourth-order valence-electron chi connectivity index (χ4n) is 3.19. The van der Waals surface area contributed by atoms with Gasteiger partial charge >= 0.3 is 5.97 Å². The summed E-state index contributed by atoms with van der Waals surface area (Å²) in [5.41, 5.74) is 0.316. The first kappa shape index (κ1) is 16.1. The maximum Gasteiger partial charge on any atom is 0.314 e. The summed E-state index contributed by atoms with van der Waals surface area (Å²) in [5, 5.41) is 14.5. The number of benzene rings is 1. The van der Waals surface area contributed by atoms with Crippen molar-refractivity contribution in [3.63, 3.8) is 0 Å². The summed E-state index contributed by atoms with van der Waals surface area (Å²) in [4.78, 5) is 35.3. The lowest BCUT2D eigenvalue weighted by Gasteiger charge is -2.39. The zero-order valence-electron chi connectivity index (χ0n) is 13.1. The van der Waals surface area contributed by atoms with Crippen LogP contribution in [0.5, 0.6) is 0 Å². The highest BCUT2D eigenvalue weighted by Gasteiger charge is 2.45. The molecule has 1 aromatic carbocycles. The van der Waals surface area contributed by atoms with Crippen molar-refractivity contribution in [2.75, 3.05) is 13.2 Å². The molecule has 0 aromatic heterocycles. The third-order valence-electron chi connectivity index (χ3n) is 4.19. The number of rotatable bonds is 4. The molecular formula is C16H17N3O5. The van der Waals surface area contributed by atoms with Crippen LogP contribution in [0, 0.1) is 16.0 Å². The number of nitrogens with zero attached hydrogens (tertiary/aromatic N) is 3. The van der Waals surface area contributed by atoms with E-state index in [0.29, 0.717) is 18.5 Å². The topological polar surface area (TPSA) is 93.0 Å². The molecule has 1 amide bonds. The summed E-state index contributed by atoms with van der Waals surface area (Å²) in [5.74, 6) is -1.28. The second-order valence-electron chi connectivity index (χ2n) is 5.53. The lowest BCUT2D eigenvalue weighted by atomic mass is 9.90. The molecule has 3 rings (SSSR count). The Bertz CT molecular complexity index is 717. The lowest BCUT2D eigenvalue weighted by Crippen LogP contribution is -2.46. The Kier molecular flexibility index (Phi) is 4.30. The Morgan fingerprint density at radius 1 is 1.42 bits per heavy atom. The van der Waals surface area contributed by atoms with Gasteiger partial charge in [-0.15, -0.1) is 0 Å². The van der Waals surface area contributed by atoms with E-state index in [4.69, 9.17) is 4.74 Å². The van der Waals surface area contributed by atoms with Gasteiger partial charge in [-0.25, -0.2) is 10.0 Å². The molecule has 2 aliphatic heterocycles. The molecule has 0 spiro atoms. The summed E-state index contributed by atoms with van der Waals surface area (Å²) in [6.07, 6.45) is 3.43. The van der Waals surface area contributed by atoms with Crippen LogP contribution in [-0.2, 0) is 14.3 Å². The average molecular weight is 331 g/mol. The summed E-state index contributed by atoms with van der Waals surface area (Å²) in [6.45, 7) is 2.32. The van der Waals surface area contributed by atoms with Crippen molar-refractivity contribution in [1.29, 1.82) is 0 Å². The number of hydrogen-bond acceptors (Lipinski definition) is 6. The Morgan fingerprint density at radius 2 is 2.17 bits per heavy atom. The zero-order valence-corrected chi connectivity index (χ0v) is 13.1. The third kappa shape index (κ3) is 2.65. The predicted octanol–water partition coefficient (Wildman–Crippen LogP) is 1.79. The van der Waals surface area contributed by atoms with Gasteiger partial charge < -0.3 is 4.74 Å². The van der Waals surface area contributed by atoms with E-state index in [1.54, 1.807) is 42.4 Å². The van der Waals surface area contributed by atoms with Crippen LogP contribution in [0.1, 0.15) is 24.9 Å². The molecule has 0 unspecified atom stereocenters. The number of para-hydroxylation sites is 1. The first-order chi connectivity index (χ1) is 11.5. The summed E-state index contributed by atoms with van der Waals surface area (Å²) < 4.78 is 5.12. The first-order valence-electron chi connectivity index (χ1n) is 7.71. The van der Waals surface area contributed by atoms with Gasteiger partial charge in [0.05, 0.1) is 29.1 Å². The standard InChI is InChI=1S/C16H17N3O5/c1-2-24-16(21)12-7-9-17-14(20)8-10-18(17)15(12)11-5-3-4-6-13(11)19(22)23/h3-7,9,12,15H,2,8,10H2,1H3/t12-,15+/m0/s1. The number of carbonyl (C=O) groups is 2. The third-order valence-corrected chi connectivity index (χ3v) is 4.19. The zero-order chi connectivity index (χ0) is 17.3. The van der Waals surface area contributed by atoms with Crippen LogP contribution >= 0.6 is 0 Å². The number of fused-ring (bicyclic) bond motifs is 1. The number of amides is 1. The number of hydrazine groups is 1. The molecule has 2 heterocycles. The van der Waals surface area contributed by atoms with Gasteiger partial charge in [-0.05, 0) is 6.92 Å². The minimum Gasteiger partial charge on any atom is -0.465 e. The van der Waals surface area contributed by atoms with Gasteiger partial charge in [0, 0.05) is 25.2 Å². The van der Waals surface area contributed by atoms with Crippen molar-refractivity contribution in [3.05, 3.63) is 52.2 Å². The van der Waals surface area contributed by atoms with E-state index in [1.165, 1.54) is 11.1 Å². The van der Waals surface area contributed by atoms with Crippen LogP contribution in [-0.4, -0.2) is 40.0 Å². The van der Waals surface area contributed by atoms with E-state index >= 15 is 0 Å². The van der Waals surface area contributed by atoms with Crippen molar-refractivity contribution < 1.29 is 19.2 Å². The smallest absolute Gasteiger partial charge is 0.314 e. The van der Waals surface area contributed by atoms with Gasteiger partial charge in [-0.2, -0.15) is 0 Å². The van der Waals surface area contributed by atoms with Crippen molar-refractivity contribution in [2.45, 2.75) is 19.4 Å². The van der Waals surface area contributed by atoms with E-state index in [2.05, 4.69) is 0 Å². The van der Waals surface area contributed by atoms with Crippen LogP contribution in [0.4, 0.5) is 5.69 Å². The summed E-state index contributed by atoms with van der Waals surface area (Å²) in [7, 11) is 0. The highest BCUT2D eigenvalue weighted by Crippen LogP contribution is 2.41. The minimum atomic E-state index is -0.715. The van der Waals surface area contributed by atoms with Crippen LogP contribution in [0.25, 0.3) is 0 Å². The predicted molar refractivity (Wildman–Crippen MR) is 83.3 cm³/mol. The largest absolute Gasteiger partial charge is 0.465 e. The number of nitro benzene ring substituents is 1. The van der Waals surface area contributed by atoms with Gasteiger partial charge in [0.2, 0.25) is 5.91 Å². The number of esters is 1. The minimum absolute atomic E-state index is 0.0774. The van der Waals surface area contributed by atoms with Crippen LogP contribution in [0.15, 0.2) is 36.5 Å². The monoisotopic (exact) mass is 331 g/mol. The normalized spacial score (nSPS) is 23.2. The molecule has 0 saturated carbocycles. The van der Waals surface area contributed by atoms with Crippen molar-refractivity contribution in [1.82, 2.24) is 10.0 Å². The van der Waals surface area contributed by atoms with E-state index in [-0.39, 0.29) is 18.2 Å². The van der Waals surface area contributed by atoms with Gasteiger partial charge in [0.15, 0.2) is 0 Å². The second-order valence-corrected chi connectivity index (χ2v) is 5.53. The van der Waals surface area contributed by atoms with Crippen molar-refractivity contribution >= 4 is 17.6 Å². The molecule has 8 nitrogen and oxygen atoms in total. The number of carbonyl (C=O) groups excluding carboxylic acids is 2. The lowest BCUT2D eigenvalue weighted by molar-refractivity contribution is -0.386. The number of ether oxygens (including phenoxy) is 1. The molecule has 2 atom stereocenters. The summed E-state index contributed by atoms with van der Waals surface area (Å²) in [6, 6.07) is 5.63. The Morgan fingerprint density at radius 3 is 2.88 bits per heavy atom. The number of nitro groups is 1. The van der Waals surface area contributed by atoms with Crippen LogP contribution in [0.3, 0.4) is 0 Å². The van der Waals surface area contributed by atoms with E-state index < -0.39 is 22.9 Å². The molecule has 24 heavy (non-hydrogen) atoms. The van der Waals surface area contributed by atoms with Crippen molar-refractivity contribution in [3.8, 4) is 0 Å². The molecule has 126 valence electrons. The molecule has 0 aliphatic carbocycles. The van der Waals surface area contributed by atoms with E-state index in [1.807, 2.05) is 0 Å². The molecule has 2 aliphatic rings. The highest BCUT2D eigenvalue weighted by molar-refractivity contribution is 5.81. The molecule has 8 heteroatoms. The van der Waals surface area contributed by atoms with Gasteiger partial charge in [0.1, 0.15) is 0 Å². The second kappa shape index (κ2) is 6.40. The quantitative estimate of drug-likeness (QED) is 0.474. The molecule has 0 radical (unpaired) electrons.